The van der Waals surface area contributed by atoms with Crippen LogP contribution in [0.25, 0.3) is 0 Å². The first-order chi connectivity index (χ1) is 7.04. The molecular formula is C9H11N3O3. The van der Waals surface area contributed by atoms with Gasteiger partial charge in [-0.15, -0.1) is 0 Å². The van der Waals surface area contributed by atoms with Gasteiger partial charge in [-0.3, -0.25) is 4.79 Å². The van der Waals surface area contributed by atoms with Crippen LogP contribution in [0.15, 0.2) is 18.5 Å². The molecule has 0 fully saturated rings. The molecule has 0 aliphatic heterocycles. The highest BCUT2D eigenvalue weighted by atomic mass is 16.4. The van der Waals surface area contributed by atoms with Crippen molar-refractivity contribution < 1.29 is 14.7 Å². The molecule has 1 rings (SSSR count). The Bertz CT molecular complexity index is 366. The molecule has 6 heteroatoms. The van der Waals surface area contributed by atoms with Crippen molar-refractivity contribution in [3.63, 3.8) is 0 Å². The van der Waals surface area contributed by atoms with Gasteiger partial charge in [0.1, 0.15) is 6.04 Å². The van der Waals surface area contributed by atoms with E-state index in [0.29, 0.717) is 5.56 Å². The number of carbonyl (C=O) groups excluding carboxylic acids is 1. The van der Waals surface area contributed by atoms with E-state index in [9.17, 15) is 9.59 Å². The van der Waals surface area contributed by atoms with Crippen molar-refractivity contribution in [1.29, 1.82) is 0 Å². The van der Waals surface area contributed by atoms with Gasteiger partial charge in [0.25, 0.3) is 5.91 Å². The van der Waals surface area contributed by atoms with Crippen molar-refractivity contribution in [1.82, 2.24) is 15.1 Å². The number of nitrogens with zero attached hydrogens (tertiary/aromatic N) is 3. The Labute approximate surface area is 86.5 Å². The summed E-state index contributed by atoms with van der Waals surface area (Å²) in [5.74, 6) is -1.44. The van der Waals surface area contributed by atoms with Crippen LogP contribution < -0.4 is 0 Å². The van der Waals surface area contributed by atoms with Gasteiger partial charge < -0.3 is 10.0 Å². The highest BCUT2D eigenvalue weighted by Crippen LogP contribution is 2.04. The molecule has 0 radical (unpaired) electrons. The quantitative estimate of drug-likeness (QED) is 0.758. The van der Waals surface area contributed by atoms with Crippen LogP contribution in [-0.4, -0.2) is 45.2 Å². The number of rotatable bonds is 3. The maximum Gasteiger partial charge on any atom is 0.326 e. The van der Waals surface area contributed by atoms with Crippen molar-refractivity contribution in [3.05, 3.63) is 24.0 Å². The first-order valence-electron chi connectivity index (χ1n) is 4.30. The number of amides is 1. The molecule has 1 amide bonds. The molecule has 6 nitrogen and oxygen atoms in total. The summed E-state index contributed by atoms with van der Waals surface area (Å²) in [6, 6.07) is 0.617. The lowest BCUT2D eigenvalue weighted by molar-refractivity contribution is -0.141. The molecule has 1 unspecified atom stereocenters. The minimum Gasteiger partial charge on any atom is -0.480 e. The van der Waals surface area contributed by atoms with E-state index >= 15 is 0 Å². The van der Waals surface area contributed by atoms with Gasteiger partial charge in [-0.25, -0.2) is 4.79 Å². The molecule has 0 spiro atoms. The summed E-state index contributed by atoms with van der Waals surface area (Å²) in [6.45, 7) is 1.44. The highest BCUT2D eigenvalue weighted by molar-refractivity contribution is 5.95. The number of carboxylic acid groups (broad SMARTS) is 1. The smallest absolute Gasteiger partial charge is 0.326 e. The van der Waals surface area contributed by atoms with Gasteiger partial charge in [0.15, 0.2) is 0 Å². The third-order valence-electron chi connectivity index (χ3n) is 2.09. The van der Waals surface area contributed by atoms with Gasteiger partial charge in [0.05, 0.1) is 18.0 Å². The molecule has 0 saturated carbocycles. The van der Waals surface area contributed by atoms with Crippen molar-refractivity contribution in [2.24, 2.45) is 0 Å². The standard InChI is InChI=1S/C9H11N3O3/c1-6(9(14)15)12(2)8(13)7-3-4-10-11-5-7/h3-6H,1-2H3,(H,14,15). The molecule has 1 aromatic heterocycles. The summed E-state index contributed by atoms with van der Waals surface area (Å²) in [5.41, 5.74) is 0.320. The number of likely N-dealkylation sites (N-methyl/N-ethyl adjacent to an activating group) is 1. The van der Waals surface area contributed by atoms with Crippen LogP contribution in [0.5, 0.6) is 0 Å². The van der Waals surface area contributed by atoms with E-state index in [0.717, 1.165) is 4.90 Å². The summed E-state index contributed by atoms with van der Waals surface area (Å²) in [5, 5.41) is 15.8. The zero-order valence-electron chi connectivity index (χ0n) is 8.41. The first-order valence-corrected chi connectivity index (χ1v) is 4.30. The second-order valence-corrected chi connectivity index (χ2v) is 3.06. The van der Waals surface area contributed by atoms with Gasteiger partial charge in [-0.1, -0.05) is 0 Å². The van der Waals surface area contributed by atoms with Crippen LogP contribution in [0.3, 0.4) is 0 Å². The Hall–Kier alpha value is -1.98. The van der Waals surface area contributed by atoms with E-state index < -0.39 is 12.0 Å². The molecule has 80 valence electrons. The lowest BCUT2D eigenvalue weighted by Gasteiger charge is -2.20. The molecular weight excluding hydrogens is 198 g/mol. The Morgan fingerprint density at radius 2 is 2.13 bits per heavy atom. The summed E-state index contributed by atoms with van der Waals surface area (Å²) in [4.78, 5) is 23.5. The summed E-state index contributed by atoms with van der Waals surface area (Å²) in [7, 11) is 1.43. The molecule has 0 aliphatic carbocycles. The second-order valence-electron chi connectivity index (χ2n) is 3.06. The molecule has 0 saturated heterocycles. The van der Waals surface area contributed by atoms with Crippen LogP contribution in [0.2, 0.25) is 0 Å². The molecule has 1 aromatic rings. The fourth-order valence-electron chi connectivity index (χ4n) is 0.962. The van der Waals surface area contributed by atoms with Crippen LogP contribution in [-0.2, 0) is 4.79 Å². The predicted octanol–water partition coefficient (Wildman–Crippen LogP) is 0.0217. The molecule has 15 heavy (non-hydrogen) atoms. The normalized spacial score (nSPS) is 11.9. The molecule has 1 atom stereocenters. The number of aromatic nitrogens is 2. The van der Waals surface area contributed by atoms with Crippen molar-refractivity contribution in [2.75, 3.05) is 7.05 Å². The molecule has 0 bridgehead atoms. The number of hydrogen-bond acceptors (Lipinski definition) is 4. The number of aliphatic carboxylic acids is 1. The Morgan fingerprint density at radius 1 is 1.47 bits per heavy atom. The van der Waals surface area contributed by atoms with E-state index in [2.05, 4.69) is 10.2 Å². The van der Waals surface area contributed by atoms with Crippen LogP contribution >= 0.6 is 0 Å². The number of carboxylic acids is 1. The third kappa shape index (κ3) is 2.49. The Kier molecular flexibility index (Phi) is 3.33. The minimum atomic E-state index is -1.05. The zero-order chi connectivity index (χ0) is 11.4. The summed E-state index contributed by atoms with van der Waals surface area (Å²) in [6.07, 6.45) is 2.68. The third-order valence-corrected chi connectivity index (χ3v) is 2.09. The van der Waals surface area contributed by atoms with Crippen LogP contribution in [0.1, 0.15) is 17.3 Å². The number of carbonyl (C=O) groups is 2. The Morgan fingerprint density at radius 3 is 2.60 bits per heavy atom. The average Bonchev–Trinajstić information content (AvgIpc) is 2.27. The summed E-state index contributed by atoms with van der Waals surface area (Å²) >= 11 is 0. The van der Waals surface area contributed by atoms with Crippen LogP contribution in [0, 0.1) is 0 Å². The minimum absolute atomic E-state index is 0.320. The van der Waals surface area contributed by atoms with E-state index in [1.54, 1.807) is 0 Å². The lowest BCUT2D eigenvalue weighted by atomic mass is 10.2. The second kappa shape index (κ2) is 4.50. The molecule has 0 aromatic carbocycles. The van der Waals surface area contributed by atoms with Crippen molar-refractivity contribution >= 4 is 11.9 Å². The summed E-state index contributed by atoms with van der Waals surface area (Å²) < 4.78 is 0. The van der Waals surface area contributed by atoms with E-state index in [1.807, 2.05) is 0 Å². The average molecular weight is 209 g/mol. The van der Waals surface area contributed by atoms with Crippen molar-refractivity contribution in [2.45, 2.75) is 13.0 Å². The first kappa shape index (κ1) is 11.1. The monoisotopic (exact) mass is 209 g/mol. The fraction of sp³-hybridized carbons (Fsp3) is 0.333. The van der Waals surface area contributed by atoms with Gasteiger partial charge in [0, 0.05) is 7.05 Å². The fourth-order valence-corrected chi connectivity index (χ4v) is 0.962. The SMILES string of the molecule is CC(C(=O)O)N(C)C(=O)c1ccnnc1. The van der Waals surface area contributed by atoms with Gasteiger partial charge in [0.2, 0.25) is 0 Å². The maximum absolute atomic E-state index is 11.7. The topological polar surface area (TPSA) is 83.4 Å². The van der Waals surface area contributed by atoms with Crippen molar-refractivity contribution in [3.8, 4) is 0 Å². The van der Waals surface area contributed by atoms with E-state index in [-0.39, 0.29) is 5.91 Å². The highest BCUT2D eigenvalue weighted by Gasteiger charge is 2.22. The van der Waals surface area contributed by atoms with E-state index in [1.165, 1.54) is 32.4 Å². The number of hydrogen-bond donors (Lipinski definition) is 1. The molecule has 1 heterocycles. The van der Waals surface area contributed by atoms with Gasteiger partial charge >= 0.3 is 5.97 Å². The van der Waals surface area contributed by atoms with Crippen LogP contribution in [0.4, 0.5) is 0 Å². The van der Waals surface area contributed by atoms with Gasteiger partial charge in [-0.2, -0.15) is 10.2 Å². The predicted molar refractivity (Wildman–Crippen MR) is 51.2 cm³/mol. The molecule has 0 aliphatic rings. The maximum atomic E-state index is 11.7. The largest absolute Gasteiger partial charge is 0.480 e. The zero-order valence-corrected chi connectivity index (χ0v) is 8.41. The lowest BCUT2D eigenvalue weighted by Crippen LogP contribution is -2.40. The molecule has 1 N–H and O–H groups in total. The van der Waals surface area contributed by atoms with E-state index in [4.69, 9.17) is 5.11 Å². The van der Waals surface area contributed by atoms with Gasteiger partial charge in [-0.05, 0) is 13.0 Å². The Balaban J connectivity index is 2.82.